The smallest absolute Gasteiger partial charge is 0.0739 e. The standard InChI is InChI=1S/C13H22O2/c1-10-6-7-15-12(2,3)9-13(14,8-10)11-4-5-11/h11,14H,1,4-9H2,2-3H3. The fraction of sp³-hybridized carbons (Fsp3) is 0.846. The molecule has 1 aliphatic heterocycles. The van der Waals surface area contributed by atoms with Crippen molar-refractivity contribution in [3.63, 3.8) is 0 Å². The lowest BCUT2D eigenvalue weighted by molar-refractivity contribution is -0.102. The van der Waals surface area contributed by atoms with Crippen molar-refractivity contribution in [2.75, 3.05) is 6.61 Å². The first-order valence-electron chi connectivity index (χ1n) is 5.94. The summed E-state index contributed by atoms with van der Waals surface area (Å²) in [5.41, 5.74) is 0.388. The molecule has 15 heavy (non-hydrogen) atoms. The number of aliphatic hydroxyl groups is 1. The molecule has 2 rings (SSSR count). The Bertz CT molecular complexity index is 266. The lowest BCUT2D eigenvalue weighted by atomic mass is 9.79. The van der Waals surface area contributed by atoms with Crippen molar-refractivity contribution in [2.24, 2.45) is 5.92 Å². The molecule has 1 atom stereocenters. The van der Waals surface area contributed by atoms with Crippen LogP contribution in [0.25, 0.3) is 0 Å². The average molecular weight is 210 g/mol. The highest BCUT2D eigenvalue weighted by Gasteiger charge is 2.47. The van der Waals surface area contributed by atoms with Gasteiger partial charge in [-0.05, 0) is 45.4 Å². The van der Waals surface area contributed by atoms with Gasteiger partial charge in [-0.25, -0.2) is 0 Å². The maximum atomic E-state index is 10.7. The summed E-state index contributed by atoms with van der Waals surface area (Å²) in [6, 6.07) is 0. The maximum absolute atomic E-state index is 10.7. The Balaban J connectivity index is 2.14. The summed E-state index contributed by atoms with van der Waals surface area (Å²) in [6.45, 7) is 8.93. The highest BCUT2D eigenvalue weighted by atomic mass is 16.5. The molecule has 1 saturated heterocycles. The van der Waals surface area contributed by atoms with Crippen LogP contribution in [-0.4, -0.2) is 22.9 Å². The van der Waals surface area contributed by atoms with Crippen molar-refractivity contribution in [1.82, 2.24) is 0 Å². The van der Waals surface area contributed by atoms with Gasteiger partial charge in [-0.3, -0.25) is 0 Å². The molecule has 2 heteroatoms. The molecule has 0 radical (unpaired) electrons. The van der Waals surface area contributed by atoms with Gasteiger partial charge >= 0.3 is 0 Å². The number of hydrogen-bond acceptors (Lipinski definition) is 2. The summed E-state index contributed by atoms with van der Waals surface area (Å²) in [4.78, 5) is 0. The molecule has 0 bridgehead atoms. The van der Waals surface area contributed by atoms with Crippen molar-refractivity contribution in [1.29, 1.82) is 0 Å². The maximum Gasteiger partial charge on any atom is 0.0739 e. The summed E-state index contributed by atoms with van der Waals surface area (Å²) >= 11 is 0. The normalized spacial score (nSPS) is 37.1. The van der Waals surface area contributed by atoms with Gasteiger partial charge in [0.2, 0.25) is 0 Å². The Labute approximate surface area is 92.3 Å². The highest BCUT2D eigenvalue weighted by Crippen LogP contribution is 2.48. The lowest BCUT2D eigenvalue weighted by Gasteiger charge is -2.39. The zero-order valence-electron chi connectivity index (χ0n) is 9.88. The van der Waals surface area contributed by atoms with E-state index in [1.807, 2.05) is 0 Å². The van der Waals surface area contributed by atoms with Crippen LogP contribution in [0.3, 0.4) is 0 Å². The van der Waals surface area contributed by atoms with Crippen LogP contribution in [0.1, 0.15) is 46.0 Å². The minimum Gasteiger partial charge on any atom is -0.389 e. The molecule has 1 unspecified atom stereocenters. The van der Waals surface area contributed by atoms with Gasteiger partial charge in [-0.1, -0.05) is 12.2 Å². The van der Waals surface area contributed by atoms with Crippen LogP contribution in [0.2, 0.25) is 0 Å². The Morgan fingerprint density at radius 3 is 2.67 bits per heavy atom. The first-order valence-corrected chi connectivity index (χ1v) is 5.94. The summed E-state index contributed by atoms with van der Waals surface area (Å²) in [5, 5.41) is 10.7. The third kappa shape index (κ3) is 2.61. The lowest BCUT2D eigenvalue weighted by Crippen LogP contribution is -2.43. The molecule has 2 aliphatic rings. The molecular weight excluding hydrogens is 188 g/mol. The molecule has 0 spiro atoms. The largest absolute Gasteiger partial charge is 0.389 e. The van der Waals surface area contributed by atoms with E-state index in [-0.39, 0.29) is 5.60 Å². The average Bonchev–Trinajstić information content (AvgIpc) is 2.80. The second-order valence-electron chi connectivity index (χ2n) is 5.84. The predicted octanol–water partition coefficient (Wildman–Crippen LogP) is 2.66. The first kappa shape index (κ1) is 11.2. The molecule has 0 aromatic carbocycles. The van der Waals surface area contributed by atoms with E-state index in [2.05, 4.69) is 20.4 Å². The number of ether oxygens (including phenoxy) is 1. The van der Waals surface area contributed by atoms with Gasteiger partial charge < -0.3 is 9.84 Å². The number of hydrogen-bond donors (Lipinski definition) is 1. The van der Waals surface area contributed by atoms with E-state index in [4.69, 9.17) is 4.74 Å². The zero-order valence-corrected chi connectivity index (χ0v) is 9.88. The minimum atomic E-state index is -0.555. The second kappa shape index (κ2) is 3.60. The van der Waals surface area contributed by atoms with E-state index >= 15 is 0 Å². The molecule has 0 aromatic rings. The summed E-state index contributed by atoms with van der Waals surface area (Å²) < 4.78 is 5.79. The Morgan fingerprint density at radius 1 is 1.40 bits per heavy atom. The molecule has 86 valence electrons. The molecule has 1 N–H and O–H groups in total. The van der Waals surface area contributed by atoms with Crippen molar-refractivity contribution < 1.29 is 9.84 Å². The van der Waals surface area contributed by atoms with Crippen LogP contribution in [0, 0.1) is 5.92 Å². The van der Waals surface area contributed by atoms with Gasteiger partial charge in [-0.2, -0.15) is 0 Å². The molecule has 2 nitrogen and oxygen atoms in total. The van der Waals surface area contributed by atoms with E-state index in [0.29, 0.717) is 5.92 Å². The van der Waals surface area contributed by atoms with Gasteiger partial charge in [0.25, 0.3) is 0 Å². The Kier molecular flexibility index (Phi) is 2.68. The van der Waals surface area contributed by atoms with Crippen LogP contribution < -0.4 is 0 Å². The van der Waals surface area contributed by atoms with Crippen molar-refractivity contribution >= 4 is 0 Å². The molecule has 1 heterocycles. The van der Waals surface area contributed by atoms with Gasteiger partial charge in [0.05, 0.1) is 17.8 Å². The van der Waals surface area contributed by atoms with Crippen LogP contribution in [0.15, 0.2) is 12.2 Å². The van der Waals surface area contributed by atoms with Crippen molar-refractivity contribution in [3.8, 4) is 0 Å². The van der Waals surface area contributed by atoms with Crippen LogP contribution in [-0.2, 0) is 4.74 Å². The summed E-state index contributed by atoms with van der Waals surface area (Å²) in [7, 11) is 0. The predicted molar refractivity (Wildman–Crippen MR) is 60.7 cm³/mol. The van der Waals surface area contributed by atoms with E-state index in [1.54, 1.807) is 0 Å². The highest BCUT2D eigenvalue weighted by molar-refractivity contribution is 5.09. The monoisotopic (exact) mass is 210 g/mol. The van der Waals surface area contributed by atoms with Crippen molar-refractivity contribution in [3.05, 3.63) is 12.2 Å². The van der Waals surface area contributed by atoms with Crippen LogP contribution in [0.4, 0.5) is 0 Å². The summed E-state index contributed by atoms with van der Waals surface area (Å²) in [6.07, 6.45) is 4.73. The molecule has 2 fully saturated rings. The SMILES string of the molecule is C=C1CCOC(C)(C)CC(O)(C2CC2)C1. The summed E-state index contributed by atoms with van der Waals surface area (Å²) in [5.74, 6) is 0.482. The second-order valence-corrected chi connectivity index (χ2v) is 5.84. The zero-order chi connectivity index (χ0) is 11.1. The van der Waals surface area contributed by atoms with E-state index < -0.39 is 5.60 Å². The Morgan fingerprint density at radius 2 is 2.07 bits per heavy atom. The minimum absolute atomic E-state index is 0.196. The van der Waals surface area contributed by atoms with Gasteiger partial charge in [0.1, 0.15) is 0 Å². The fourth-order valence-corrected chi connectivity index (χ4v) is 2.75. The molecule has 0 aromatic heterocycles. The van der Waals surface area contributed by atoms with Crippen LogP contribution in [0.5, 0.6) is 0 Å². The van der Waals surface area contributed by atoms with Crippen molar-refractivity contribution in [2.45, 2.75) is 57.2 Å². The quantitative estimate of drug-likeness (QED) is 0.674. The number of rotatable bonds is 1. The molecule has 1 aliphatic carbocycles. The van der Waals surface area contributed by atoms with E-state index in [0.717, 1.165) is 31.4 Å². The molecular formula is C13H22O2. The topological polar surface area (TPSA) is 29.5 Å². The van der Waals surface area contributed by atoms with Gasteiger partial charge in [0.15, 0.2) is 0 Å². The molecule has 1 saturated carbocycles. The van der Waals surface area contributed by atoms with Gasteiger partial charge in [0, 0.05) is 6.42 Å². The third-order valence-electron chi connectivity index (χ3n) is 3.57. The van der Waals surface area contributed by atoms with Crippen LogP contribution >= 0.6 is 0 Å². The molecule has 0 amide bonds. The Hall–Kier alpha value is -0.340. The van der Waals surface area contributed by atoms with E-state index in [1.165, 1.54) is 12.8 Å². The third-order valence-corrected chi connectivity index (χ3v) is 3.57. The first-order chi connectivity index (χ1) is 6.91. The van der Waals surface area contributed by atoms with Gasteiger partial charge in [-0.15, -0.1) is 0 Å². The fourth-order valence-electron chi connectivity index (χ4n) is 2.75. The van der Waals surface area contributed by atoms with E-state index in [9.17, 15) is 5.11 Å².